The van der Waals surface area contributed by atoms with Crippen LogP contribution in [0.4, 0.5) is 0 Å². The average Bonchev–Trinajstić information content (AvgIpc) is 2.26. The highest BCUT2D eigenvalue weighted by molar-refractivity contribution is 5.78. The standard InChI is InChI=1S/C14H30N2O/c1-6-11(2)10-16(5)14(17)12(3)8-7-9-13(4)15/h11-13H,6-10,15H2,1-5H3. The van der Waals surface area contributed by atoms with E-state index < -0.39 is 0 Å². The molecule has 0 radical (unpaired) electrons. The molecule has 0 saturated heterocycles. The SMILES string of the molecule is CCC(C)CN(C)C(=O)C(C)CCCC(C)N. The zero-order valence-electron chi connectivity index (χ0n) is 12.2. The molecule has 0 fully saturated rings. The van der Waals surface area contributed by atoms with E-state index in [0.717, 1.165) is 32.2 Å². The second kappa shape index (κ2) is 8.51. The van der Waals surface area contributed by atoms with Gasteiger partial charge in [0.1, 0.15) is 0 Å². The van der Waals surface area contributed by atoms with E-state index in [4.69, 9.17) is 5.73 Å². The third kappa shape index (κ3) is 7.37. The molecule has 0 aliphatic carbocycles. The highest BCUT2D eigenvalue weighted by Crippen LogP contribution is 2.13. The number of carbonyl (C=O) groups excluding carboxylic acids is 1. The number of carbonyl (C=O) groups is 1. The molecule has 17 heavy (non-hydrogen) atoms. The van der Waals surface area contributed by atoms with E-state index in [1.165, 1.54) is 0 Å². The topological polar surface area (TPSA) is 46.3 Å². The Kier molecular flexibility index (Phi) is 8.23. The molecule has 0 aliphatic rings. The van der Waals surface area contributed by atoms with Crippen molar-refractivity contribution in [3.8, 4) is 0 Å². The van der Waals surface area contributed by atoms with Gasteiger partial charge in [0.25, 0.3) is 0 Å². The lowest BCUT2D eigenvalue weighted by Crippen LogP contribution is -2.35. The van der Waals surface area contributed by atoms with Gasteiger partial charge >= 0.3 is 0 Å². The highest BCUT2D eigenvalue weighted by Gasteiger charge is 2.18. The van der Waals surface area contributed by atoms with Crippen LogP contribution < -0.4 is 5.73 Å². The molecule has 3 heteroatoms. The van der Waals surface area contributed by atoms with Crippen molar-refractivity contribution in [1.29, 1.82) is 0 Å². The minimum atomic E-state index is 0.128. The number of hydrogen-bond acceptors (Lipinski definition) is 2. The van der Waals surface area contributed by atoms with E-state index in [0.29, 0.717) is 5.92 Å². The van der Waals surface area contributed by atoms with Crippen LogP contribution in [0, 0.1) is 11.8 Å². The van der Waals surface area contributed by atoms with Crippen molar-refractivity contribution in [3.63, 3.8) is 0 Å². The lowest BCUT2D eigenvalue weighted by atomic mass is 10.00. The van der Waals surface area contributed by atoms with Crippen molar-refractivity contribution in [1.82, 2.24) is 4.90 Å². The van der Waals surface area contributed by atoms with Gasteiger partial charge in [-0.1, -0.05) is 33.6 Å². The second-order valence-electron chi connectivity index (χ2n) is 5.54. The minimum absolute atomic E-state index is 0.128. The minimum Gasteiger partial charge on any atom is -0.345 e. The lowest BCUT2D eigenvalue weighted by molar-refractivity contribution is -0.134. The Bertz CT molecular complexity index is 216. The summed E-state index contributed by atoms with van der Waals surface area (Å²) < 4.78 is 0. The van der Waals surface area contributed by atoms with Gasteiger partial charge in [-0.25, -0.2) is 0 Å². The Morgan fingerprint density at radius 3 is 2.29 bits per heavy atom. The van der Waals surface area contributed by atoms with Gasteiger partial charge in [0.2, 0.25) is 5.91 Å². The van der Waals surface area contributed by atoms with Crippen molar-refractivity contribution < 1.29 is 4.79 Å². The van der Waals surface area contributed by atoms with Crippen LogP contribution in [0.25, 0.3) is 0 Å². The van der Waals surface area contributed by atoms with Crippen LogP contribution in [0.1, 0.15) is 53.4 Å². The van der Waals surface area contributed by atoms with Gasteiger partial charge in [-0.2, -0.15) is 0 Å². The summed E-state index contributed by atoms with van der Waals surface area (Å²) in [5.74, 6) is 0.984. The van der Waals surface area contributed by atoms with Gasteiger partial charge in [0.15, 0.2) is 0 Å². The summed E-state index contributed by atoms with van der Waals surface area (Å²) in [4.78, 5) is 13.9. The van der Waals surface area contributed by atoms with Gasteiger partial charge in [-0.05, 0) is 25.7 Å². The second-order valence-corrected chi connectivity index (χ2v) is 5.54. The fraction of sp³-hybridized carbons (Fsp3) is 0.929. The number of amides is 1. The van der Waals surface area contributed by atoms with Crippen molar-refractivity contribution in [2.75, 3.05) is 13.6 Å². The summed E-state index contributed by atoms with van der Waals surface area (Å²) in [6.45, 7) is 9.25. The fourth-order valence-electron chi connectivity index (χ4n) is 1.93. The maximum absolute atomic E-state index is 12.1. The van der Waals surface area contributed by atoms with Gasteiger partial charge < -0.3 is 10.6 Å². The van der Waals surface area contributed by atoms with E-state index >= 15 is 0 Å². The molecule has 0 bridgehead atoms. The Morgan fingerprint density at radius 1 is 1.24 bits per heavy atom. The number of nitrogens with zero attached hydrogens (tertiary/aromatic N) is 1. The molecule has 0 aromatic heterocycles. The monoisotopic (exact) mass is 242 g/mol. The first-order valence-corrected chi connectivity index (χ1v) is 6.89. The first-order chi connectivity index (χ1) is 7.88. The molecule has 0 spiro atoms. The van der Waals surface area contributed by atoms with Crippen LogP contribution in [0.15, 0.2) is 0 Å². The maximum atomic E-state index is 12.1. The molecule has 102 valence electrons. The normalized spacial score (nSPS) is 16.4. The first-order valence-electron chi connectivity index (χ1n) is 6.89. The quantitative estimate of drug-likeness (QED) is 0.711. The van der Waals surface area contributed by atoms with Gasteiger partial charge in [0, 0.05) is 25.6 Å². The predicted molar refractivity (Wildman–Crippen MR) is 73.8 cm³/mol. The molecule has 0 aromatic carbocycles. The summed E-state index contributed by atoms with van der Waals surface area (Å²) in [6, 6.07) is 0.246. The fourth-order valence-corrected chi connectivity index (χ4v) is 1.93. The van der Waals surface area contributed by atoms with Crippen molar-refractivity contribution in [2.24, 2.45) is 17.6 Å². The molecule has 0 aromatic rings. The molecular weight excluding hydrogens is 212 g/mol. The third-order valence-electron chi connectivity index (χ3n) is 3.38. The van der Waals surface area contributed by atoms with Crippen molar-refractivity contribution >= 4 is 5.91 Å². The van der Waals surface area contributed by atoms with E-state index in [9.17, 15) is 4.79 Å². The smallest absolute Gasteiger partial charge is 0.225 e. The highest BCUT2D eigenvalue weighted by atomic mass is 16.2. The zero-order valence-corrected chi connectivity index (χ0v) is 12.2. The first kappa shape index (κ1) is 16.4. The summed E-state index contributed by atoms with van der Waals surface area (Å²) in [5.41, 5.74) is 5.70. The van der Waals surface area contributed by atoms with Crippen LogP contribution in [0.3, 0.4) is 0 Å². The van der Waals surface area contributed by atoms with Gasteiger partial charge in [-0.3, -0.25) is 4.79 Å². The predicted octanol–water partition coefficient (Wildman–Crippen LogP) is 2.64. The van der Waals surface area contributed by atoms with Gasteiger partial charge in [-0.15, -0.1) is 0 Å². The van der Waals surface area contributed by atoms with Crippen LogP contribution >= 0.6 is 0 Å². The summed E-state index contributed by atoms with van der Waals surface area (Å²) in [6.07, 6.45) is 4.12. The van der Waals surface area contributed by atoms with Crippen LogP contribution in [-0.2, 0) is 4.79 Å². The Hall–Kier alpha value is -0.570. The molecule has 0 rings (SSSR count). The number of rotatable bonds is 8. The molecule has 3 atom stereocenters. The molecule has 0 saturated carbocycles. The Balaban J connectivity index is 3.94. The number of nitrogens with two attached hydrogens (primary N) is 1. The largest absolute Gasteiger partial charge is 0.345 e. The van der Waals surface area contributed by atoms with E-state index in [-0.39, 0.29) is 17.9 Å². The van der Waals surface area contributed by atoms with Crippen molar-refractivity contribution in [3.05, 3.63) is 0 Å². The zero-order chi connectivity index (χ0) is 13.4. The van der Waals surface area contributed by atoms with Crippen LogP contribution in [0.2, 0.25) is 0 Å². The van der Waals surface area contributed by atoms with Gasteiger partial charge in [0.05, 0.1) is 0 Å². The molecule has 0 heterocycles. The summed E-state index contributed by atoms with van der Waals surface area (Å²) in [7, 11) is 1.91. The molecule has 0 aliphatic heterocycles. The summed E-state index contributed by atoms with van der Waals surface area (Å²) in [5, 5.41) is 0. The molecule has 3 nitrogen and oxygen atoms in total. The maximum Gasteiger partial charge on any atom is 0.225 e. The van der Waals surface area contributed by atoms with E-state index in [1.54, 1.807) is 0 Å². The third-order valence-corrected chi connectivity index (χ3v) is 3.38. The molecular formula is C14H30N2O. The van der Waals surface area contributed by atoms with Crippen LogP contribution in [0.5, 0.6) is 0 Å². The lowest BCUT2D eigenvalue weighted by Gasteiger charge is -2.24. The average molecular weight is 242 g/mol. The molecule has 2 N–H and O–H groups in total. The molecule has 1 amide bonds. The Labute approximate surface area is 107 Å². The van der Waals surface area contributed by atoms with Crippen LogP contribution in [-0.4, -0.2) is 30.4 Å². The van der Waals surface area contributed by atoms with E-state index in [2.05, 4.69) is 13.8 Å². The summed E-state index contributed by atoms with van der Waals surface area (Å²) >= 11 is 0. The van der Waals surface area contributed by atoms with E-state index in [1.807, 2.05) is 25.8 Å². The van der Waals surface area contributed by atoms with Crippen molar-refractivity contribution in [2.45, 2.75) is 59.4 Å². The Morgan fingerprint density at radius 2 is 1.82 bits per heavy atom. The molecule has 3 unspecified atom stereocenters. The number of hydrogen-bond donors (Lipinski definition) is 1.